The molecule has 1 amide bonds. The van der Waals surface area contributed by atoms with E-state index >= 15 is 0 Å². The van der Waals surface area contributed by atoms with Crippen molar-refractivity contribution < 1.29 is 14.3 Å². The third kappa shape index (κ3) is 5.28. The van der Waals surface area contributed by atoms with Gasteiger partial charge in [-0.1, -0.05) is 54.1 Å². The average molecular weight is 448 g/mol. The molecule has 6 nitrogen and oxygen atoms in total. The fourth-order valence-electron chi connectivity index (χ4n) is 3.22. The summed E-state index contributed by atoms with van der Waals surface area (Å²) in [6.45, 7) is 0.435. The van der Waals surface area contributed by atoms with Crippen LogP contribution in [-0.2, 0) is 17.8 Å². The van der Waals surface area contributed by atoms with Crippen LogP contribution in [0.3, 0.4) is 0 Å². The summed E-state index contributed by atoms with van der Waals surface area (Å²) in [6.07, 6.45) is 1.86. The zero-order chi connectivity index (χ0) is 22.3. The molecule has 0 spiro atoms. The Morgan fingerprint density at radius 2 is 1.75 bits per heavy atom. The molecule has 4 rings (SSSR count). The second-order valence-corrected chi connectivity index (χ2v) is 7.53. The first kappa shape index (κ1) is 21.5. The van der Waals surface area contributed by atoms with Gasteiger partial charge in [-0.2, -0.15) is 5.10 Å². The van der Waals surface area contributed by atoms with Gasteiger partial charge in [0.05, 0.1) is 25.4 Å². The number of hydrogen-bond acceptors (Lipinski definition) is 4. The number of amides is 1. The van der Waals surface area contributed by atoms with Crippen molar-refractivity contribution in [2.45, 2.75) is 13.0 Å². The highest BCUT2D eigenvalue weighted by atomic mass is 35.5. The van der Waals surface area contributed by atoms with Crippen molar-refractivity contribution in [3.8, 4) is 17.2 Å². The first-order valence-electron chi connectivity index (χ1n) is 10.1. The number of rotatable bonds is 8. The van der Waals surface area contributed by atoms with Crippen LogP contribution in [0.1, 0.15) is 11.1 Å². The van der Waals surface area contributed by atoms with Crippen molar-refractivity contribution in [3.05, 3.63) is 101 Å². The van der Waals surface area contributed by atoms with Crippen LogP contribution in [-0.4, -0.2) is 22.8 Å². The van der Waals surface area contributed by atoms with E-state index in [1.165, 1.54) is 0 Å². The number of aromatic nitrogens is 2. The Morgan fingerprint density at radius 3 is 2.50 bits per heavy atom. The summed E-state index contributed by atoms with van der Waals surface area (Å²) >= 11 is 5.91. The van der Waals surface area contributed by atoms with Crippen LogP contribution in [0.2, 0.25) is 5.02 Å². The Balaban J connectivity index is 1.47. The molecule has 162 valence electrons. The number of carbonyl (C=O) groups excluding carboxylic acids is 1. The molecule has 32 heavy (non-hydrogen) atoms. The van der Waals surface area contributed by atoms with E-state index in [4.69, 9.17) is 21.1 Å². The van der Waals surface area contributed by atoms with Gasteiger partial charge in [-0.15, -0.1) is 0 Å². The van der Waals surface area contributed by atoms with Crippen molar-refractivity contribution >= 4 is 23.3 Å². The van der Waals surface area contributed by atoms with E-state index in [1.54, 1.807) is 36.2 Å². The van der Waals surface area contributed by atoms with E-state index in [-0.39, 0.29) is 12.3 Å². The van der Waals surface area contributed by atoms with Crippen LogP contribution in [0.25, 0.3) is 5.69 Å². The Kier molecular flexibility index (Phi) is 6.72. The largest absolute Gasteiger partial charge is 0.493 e. The molecule has 1 N–H and O–H groups in total. The molecular weight excluding hydrogens is 426 g/mol. The van der Waals surface area contributed by atoms with E-state index in [0.717, 1.165) is 16.8 Å². The summed E-state index contributed by atoms with van der Waals surface area (Å²) in [5.74, 6) is 1.61. The third-order valence-corrected chi connectivity index (χ3v) is 5.07. The van der Waals surface area contributed by atoms with E-state index < -0.39 is 0 Å². The lowest BCUT2D eigenvalue weighted by atomic mass is 10.1. The van der Waals surface area contributed by atoms with Gasteiger partial charge in [0, 0.05) is 17.2 Å². The van der Waals surface area contributed by atoms with Crippen molar-refractivity contribution in [1.29, 1.82) is 0 Å². The van der Waals surface area contributed by atoms with Gasteiger partial charge >= 0.3 is 0 Å². The van der Waals surface area contributed by atoms with Gasteiger partial charge in [-0.25, -0.2) is 4.68 Å². The molecule has 0 aliphatic carbocycles. The van der Waals surface area contributed by atoms with Crippen molar-refractivity contribution in [2.75, 3.05) is 12.4 Å². The molecule has 1 aromatic heterocycles. The molecule has 0 aliphatic heterocycles. The summed E-state index contributed by atoms with van der Waals surface area (Å²) in [4.78, 5) is 12.5. The second kappa shape index (κ2) is 10.0. The second-order valence-electron chi connectivity index (χ2n) is 7.09. The number of hydrogen-bond donors (Lipinski definition) is 1. The molecule has 0 fully saturated rings. The molecule has 1 heterocycles. The van der Waals surface area contributed by atoms with Gasteiger partial charge in [-0.3, -0.25) is 4.79 Å². The molecule has 0 saturated carbocycles. The van der Waals surface area contributed by atoms with E-state index in [2.05, 4.69) is 10.4 Å². The molecule has 4 aromatic rings. The van der Waals surface area contributed by atoms with Crippen LogP contribution in [0.15, 0.2) is 85.1 Å². The first-order chi connectivity index (χ1) is 15.6. The fraction of sp³-hybridized carbons (Fsp3) is 0.120. The lowest BCUT2D eigenvalue weighted by Crippen LogP contribution is -2.17. The predicted molar refractivity (Wildman–Crippen MR) is 125 cm³/mol. The number of nitrogens with zero attached hydrogens (tertiary/aromatic N) is 2. The van der Waals surface area contributed by atoms with Gasteiger partial charge in [0.15, 0.2) is 11.5 Å². The molecule has 7 heteroatoms. The number of methoxy groups -OCH3 is 1. The summed E-state index contributed by atoms with van der Waals surface area (Å²) in [5.41, 5.74) is 2.68. The number of nitrogens with one attached hydrogen (secondary N) is 1. The van der Waals surface area contributed by atoms with Crippen molar-refractivity contribution in [2.24, 2.45) is 0 Å². The topological polar surface area (TPSA) is 65.4 Å². The summed E-state index contributed by atoms with van der Waals surface area (Å²) in [5, 5.41) is 7.89. The third-order valence-electron chi connectivity index (χ3n) is 4.82. The highest BCUT2D eigenvalue weighted by Crippen LogP contribution is 2.31. The Labute approximate surface area is 191 Å². The minimum atomic E-state index is -0.149. The Hall–Kier alpha value is -3.77. The summed E-state index contributed by atoms with van der Waals surface area (Å²) in [7, 11) is 1.59. The van der Waals surface area contributed by atoms with Crippen LogP contribution in [0, 0.1) is 0 Å². The molecule has 0 bridgehead atoms. The van der Waals surface area contributed by atoms with Crippen LogP contribution in [0.4, 0.5) is 5.82 Å². The maximum Gasteiger partial charge on any atom is 0.229 e. The lowest BCUT2D eigenvalue weighted by molar-refractivity contribution is -0.115. The van der Waals surface area contributed by atoms with Crippen molar-refractivity contribution in [3.63, 3.8) is 0 Å². The van der Waals surface area contributed by atoms with Gasteiger partial charge in [0.25, 0.3) is 0 Å². The van der Waals surface area contributed by atoms with Gasteiger partial charge in [0.1, 0.15) is 12.4 Å². The molecule has 0 unspecified atom stereocenters. The monoisotopic (exact) mass is 447 g/mol. The van der Waals surface area contributed by atoms with Gasteiger partial charge < -0.3 is 14.8 Å². The standard InChI is InChI=1S/C25H22ClN3O3/c1-31-23-16-21(11-12-22(23)32-17-19-5-3-2-4-6-19)29-24(13-14-27-29)28-25(30)15-18-7-9-20(26)10-8-18/h2-14,16H,15,17H2,1H3,(H,28,30). The molecule has 0 saturated heterocycles. The quantitative estimate of drug-likeness (QED) is 0.398. The van der Waals surface area contributed by atoms with E-state index in [9.17, 15) is 4.79 Å². The van der Waals surface area contributed by atoms with Crippen LogP contribution >= 0.6 is 11.6 Å². The van der Waals surface area contributed by atoms with Crippen molar-refractivity contribution in [1.82, 2.24) is 9.78 Å². The molecular formula is C25H22ClN3O3. The highest BCUT2D eigenvalue weighted by molar-refractivity contribution is 6.30. The zero-order valence-electron chi connectivity index (χ0n) is 17.5. The van der Waals surface area contributed by atoms with Crippen LogP contribution in [0.5, 0.6) is 11.5 Å². The lowest BCUT2D eigenvalue weighted by Gasteiger charge is -2.14. The Morgan fingerprint density at radius 1 is 0.969 bits per heavy atom. The smallest absolute Gasteiger partial charge is 0.229 e. The average Bonchev–Trinajstić information content (AvgIpc) is 3.27. The number of benzene rings is 3. The molecule has 0 aliphatic rings. The minimum Gasteiger partial charge on any atom is -0.493 e. The predicted octanol–water partition coefficient (Wildman–Crippen LogP) is 5.29. The first-order valence-corrected chi connectivity index (χ1v) is 10.4. The number of carbonyl (C=O) groups is 1. The summed E-state index contributed by atoms with van der Waals surface area (Å²) < 4.78 is 13.1. The fourth-order valence-corrected chi connectivity index (χ4v) is 3.35. The van der Waals surface area contributed by atoms with E-state index in [0.29, 0.717) is 28.9 Å². The number of ether oxygens (including phenoxy) is 2. The van der Waals surface area contributed by atoms with E-state index in [1.807, 2.05) is 60.7 Å². The maximum absolute atomic E-state index is 12.5. The Bertz CT molecular complexity index is 1190. The maximum atomic E-state index is 12.5. The molecule has 0 atom stereocenters. The molecule has 3 aromatic carbocycles. The van der Waals surface area contributed by atoms with Crippen LogP contribution < -0.4 is 14.8 Å². The van der Waals surface area contributed by atoms with Gasteiger partial charge in [0.2, 0.25) is 5.91 Å². The number of halogens is 1. The summed E-state index contributed by atoms with van der Waals surface area (Å²) in [6, 6.07) is 24.4. The SMILES string of the molecule is COc1cc(-n2nccc2NC(=O)Cc2ccc(Cl)cc2)ccc1OCc1ccccc1. The normalized spacial score (nSPS) is 10.6. The number of anilines is 1. The zero-order valence-corrected chi connectivity index (χ0v) is 18.3. The van der Waals surface area contributed by atoms with Gasteiger partial charge in [-0.05, 0) is 35.4 Å². The molecule has 0 radical (unpaired) electrons. The highest BCUT2D eigenvalue weighted by Gasteiger charge is 2.13. The minimum absolute atomic E-state index is 0.149.